The Morgan fingerprint density at radius 1 is 1.44 bits per heavy atom. The van der Waals surface area contributed by atoms with Crippen LogP contribution in [0.5, 0.6) is 0 Å². The van der Waals surface area contributed by atoms with Crippen LogP contribution in [0, 0.1) is 5.82 Å². The summed E-state index contributed by atoms with van der Waals surface area (Å²) in [5, 5.41) is 11.4. The third-order valence-corrected chi connectivity index (χ3v) is 2.24. The van der Waals surface area contributed by atoms with E-state index in [4.69, 9.17) is 5.11 Å². The number of rotatable bonds is 5. The van der Waals surface area contributed by atoms with Gasteiger partial charge in [0, 0.05) is 12.5 Å². The van der Waals surface area contributed by atoms with E-state index in [1.807, 2.05) is 0 Å². The highest BCUT2D eigenvalue weighted by atomic mass is 19.1. The zero-order valence-corrected chi connectivity index (χ0v) is 9.24. The number of carbonyl (C=O) groups is 1. The quantitative estimate of drug-likeness (QED) is 0.792. The Balaban J connectivity index is 2.34. The lowest BCUT2D eigenvalue weighted by atomic mass is 10.1. The van der Waals surface area contributed by atoms with Gasteiger partial charge < -0.3 is 10.4 Å². The summed E-state index contributed by atoms with van der Waals surface area (Å²) in [6.07, 6.45) is 0.917. The molecule has 2 N–H and O–H groups in total. The van der Waals surface area contributed by atoms with Crippen molar-refractivity contribution in [1.82, 2.24) is 5.32 Å². The number of benzene rings is 1. The number of carbonyl (C=O) groups excluding carboxylic acids is 1. The van der Waals surface area contributed by atoms with Gasteiger partial charge in [-0.3, -0.25) is 4.79 Å². The topological polar surface area (TPSA) is 49.3 Å². The van der Waals surface area contributed by atoms with E-state index in [0.717, 1.165) is 5.56 Å². The molecule has 0 aliphatic rings. The Hall–Kier alpha value is -1.42. The van der Waals surface area contributed by atoms with Gasteiger partial charge in [0.2, 0.25) is 5.91 Å². The van der Waals surface area contributed by atoms with Crippen molar-refractivity contribution in [2.45, 2.75) is 25.8 Å². The van der Waals surface area contributed by atoms with Crippen LogP contribution in [0.1, 0.15) is 18.9 Å². The molecule has 4 heteroatoms. The standard InChI is InChI=1S/C12H16FNO2/c1-9(8-15)14-12(16)7-4-10-2-5-11(13)6-3-10/h2-3,5-6,9,15H,4,7-8H2,1H3,(H,14,16). The first-order valence-corrected chi connectivity index (χ1v) is 5.26. The minimum Gasteiger partial charge on any atom is -0.394 e. The minimum atomic E-state index is -0.276. The number of aliphatic hydroxyl groups excluding tert-OH is 1. The molecule has 1 amide bonds. The van der Waals surface area contributed by atoms with Gasteiger partial charge in [-0.25, -0.2) is 4.39 Å². The van der Waals surface area contributed by atoms with Crippen molar-refractivity contribution >= 4 is 5.91 Å². The Morgan fingerprint density at radius 2 is 2.06 bits per heavy atom. The number of amides is 1. The molecule has 1 rings (SSSR count). The second-order valence-corrected chi connectivity index (χ2v) is 3.78. The van der Waals surface area contributed by atoms with E-state index in [1.54, 1.807) is 19.1 Å². The molecule has 1 aromatic carbocycles. The van der Waals surface area contributed by atoms with E-state index in [1.165, 1.54) is 12.1 Å². The summed E-state index contributed by atoms with van der Waals surface area (Å²) in [7, 11) is 0. The molecular weight excluding hydrogens is 209 g/mol. The van der Waals surface area contributed by atoms with Crippen molar-refractivity contribution in [1.29, 1.82) is 0 Å². The number of halogens is 1. The van der Waals surface area contributed by atoms with Gasteiger partial charge in [0.15, 0.2) is 0 Å². The molecular formula is C12H16FNO2. The first-order valence-electron chi connectivity index (χ1n) is 5.26. The second-order valence-electron chi connectivity index (χ2n) is 3.78. The van der Waals surface area contributed by atoms with Crippen molar-refractivity contribution in [3.05, 3.63) is 35.6 Å². The number of nitrogens with one attached hydrogen (secondary N) is 1. The van der Waals surface area contributed by atoms with Crippen LogP contribution < -0.4 is 5.32 Å². The maximum absolute atomic E-state index is 12.6. The fourth-order valence-electron chi connectivity index (χ4n) is 1.30. The molecule has 0 aliphatic carbocycles. The third-order valence-electron chi connectivity index (χ3n) is 2.24. The third kappa shape index (κ3) is 4.40. The van der Waals surface area contributed by atoms with Gasteiger partial charge in [0.05, 0.1) is 6.61 Å². The fraction of sp³-hybridized carbons (Fsp3) is 0.417. The van der Waals surface area contributed by atoms with Gasteiger partial charge in [-0.2, -0.15) is 0 Å². The van der Waals surface area contributed by atoms with Crippen molar-refractivity contribution in [3.8, 4) is 0 Å². The summed E-state index contributed by atoms with van der Waals surface area (Å²) >= 11 is 0. The van der Waals surface area contributed by atoms with Crippen LogP contribution in [0.3, 0.4) is 0 Å². The van der Waals surface area contributed by atoms with Crippen LogP contribution in [-0.2, 0) is 11.2 Å². The SMILES string of the molecule is CC(CO)NC(=O)CCc1ccc(F)cc1. The first-order chi connectivity index (χ1) is 7.61. The second kappa shape index (κ2) is 6.23. The predicted molar refractivity (Wildman–Crippen MR) is 59.4 cm³/mol. The van der Waals surface area contributed by atoms with E-state index in [0.29, 0.717) is 12.8 Å². The van der Waals surface area contributed by atoms with Crippen LogP contribution in [0.15, 0.2) is 24.3 Å². The maximum Gasteiger partial charge on any atom is 0.220 e. The lowest BCUT2D eigenvalue weighted by Crippen LogP contribution is -2.35. The largest absolute Gasteiger partial charge is 0.394 e. The van der Waals surface area contributed by atoms with Crippen molar-refractivity contribution < 1.29 is 14.3 Å². The van der Waals surface area contributed by atoms with Crippen molar-refractivity contribution in [2.24, 2.45) is 0 Å². The monoisotopic (exact) mass is 225 g/mol. The number of hydrogen-bond acceptors (Lipinski definition) is 2. The Kier molecular flexibility index (Phi) is 4.92. The summed E-state index contributed by atoms with van der Waals surface area (Å²) in [5.74, 6) is -0.382. The molecule has 1 unspecified atom stereocenters. The summed E-state index contributed by atoms with van der Waals surface area (Å²) < 4.78 is 12.6. The van der Waals surface area contributed by atoms with E-state index in [2.05, 4.69) is 5.32 Å². The lowest BCUT2D eigenvalue weighted by Gasteiger charge is -2.10. The highest BCUT2D eigenvalue weighted by molar-refractivity contribution is 5.76. The molecule has 0 bridgehead atoms. The molecule has 0 radical (unpaired) electrons. The fourth-order valence-corrected chi connectivity index (χ4v) is 1.30. The summed E-state index contributed by atoms with van der Waals surface area (Å²) in [6.45, 7) is 1.66. The average Bonchev–Trinajstić information content (AvgIpc) is 2.28. The van der Waals surface area contributed by atoms with Crippen molar-refractivity contribution in [3.63, 3.8) is 0 Å². The molecule has 0 aromatic heterocycles. The van der Waals surface area contributed by atoms with E-state index >= 15 is 0 Å². The molecule has 88 valence electrons. The van der Waals surface area contributed by atoms with Crippen LogP contribution in [0.4, 0.5) is 4.39 Å². The maximum atomic E-state index is 12.6. The smallest absolute Gasteiger partial charge is 0.220 e. The van der Waals surface area contributed by atoms with Gasteiger partial charge in [0.25, 0.3) is 0 Å². The van der Waals surface area contributed by atoms with Gasteiger partial charge in [-0.05, 0) is 31.0 Å². The highest BCUT2D eigenvalue weighted by Gasteiger charge is 2.06. The Bertz CT molecular complexity index is 337. The molecule has 0 fully saturated rings. The van der Waals surface area contributed by atoms with Crippen LogP contribution in [-0.4, -0.2) is 23.7 Å². The Morgan fingerprint density at radius 3 is 2.62 bits per heavy atom. The van der Waals surface area contributed by atoms with E-state index < -0.39 is 0 Å². The molecule has 3 nitrogen and oxygen atoms in total. The molecule has 0 aliphatic heterocycles. The van der Waals surface area contributed by atoms with Crippen LogP contribution >= 0.6 is 0 Å². The number of aliphatic hydroxyl groups is 1. The molecule has 0 saturated heterocycles. The summed E-state index contributed by atoms with van der Waals surface area (Å²) in [6, 6.07) is 5.87. The molecule has 0 spiro atoms. The minimum absolute atomic E-state index is 0.0672. The molecule has 0 heterocycles. The normalized spacial score (nSPS) is 12.2. The highest BCUT2D eigenvalue weighted by Crippen LogP contribution is 2.05. The Labute approximate surface area is 94.3 Å². The van der Waals surface area contributed by atoms with Crippen molar-refractivity contribution in [2.75, 3.05) is 6.61 Å². The van der Waals surface area contributed by atoms with Gasteiger partial charge in [-0.1, -0.05) is 12.1 Å². The van der Waals surface area contributed by atoms with Crippen LogP contribution in [0.25, 0.3) is 0 Å². The van der Waals surface area contributed by atoms with E-state index in [-0.39, 0.29) is 24.4 Å². The number of hydrogen-bond donors (Lipinski definition) is 2. The van der Waals surface area contributed by atoms with E-state index in [9.17, 15) is 9.18 Å². The van der Waals surface area contributed by atoms with Crippen LogP contribution in [0.2, 0.25) is 0 Å². The molecule has 1 atom stereocenters. The van der Waals surface area contributed by atoms with Gasteiger partial charge in [0.1, 0.15) is 5.82 Å². The molecule has 1 aromatic rings. The summed E-state index contributed by atoms with van der Waals surface area (Å²) in [5.41, 5.74) is 0.924. The zero-order chi connectivity index (χ0) is 12.0. The first kappa shape index (κ1) is 12.6. The molecule has 0 saturated carbocycles. The van der Waals surface area contributed by atoms with Gasteiger partial charge in [-0.15, -0.1) is 0 Å². The predicted octanol–water partition coefficient (Wildman–Crippen LogP) is 1.26. The van der Waals surface area contributed by atoms with Gasteiger partial charge >= 0.3 is 0 Å². The molecule has 16 heavy (non-hydrogen) atoms. The zero-order valence-electron chi connectivity index (χ0n) is 9.24. The number of aryl methyl sites for hydroxylation is 1. The average molecular weight is 225 g/mol. The summed E-state index contributed by atoms with van der Waals surface area (Å²) in [4.78, 5) is 11.4. The lowest BCUT2D eigenvalue weighted by molar-refractivity contribution is -0.121.